The van der Waals surface area contributed by atoms with Gasteiger partial charge in [0.05, 0.1) is 12.7 Å². The Hall–Kier alpha value is -2.04. The summed E-state index contributed by atoms with van der Waals surface area (Å²) in [6.45, 7) is 0. The number of H-pyrrole nitrogens is 1. The quantitative estimate of drug-likeness (QED) is 0.657. The van der Waals surface area contributed by atoms with Gasteiger partial charge in [0.15, 0.2) is 0 Å². The van der Waals surface area contributed by atoms with Gasteiger partial charge in [-0.1, -0.05) is 0 Å². The standard InChI is InChI=1S/C9H9N3O2/c1-14-9(13)6-4-7(10)12-8-5(6)2-3-11-8/h2-4H,1H3,(H3,10,11,12). The number of carbonyl (C=O) groups excluding carboxylic acids is 1. The van der Waals surface area contributed by atoms with E-state index >= 15 is 0 Å². The van der Waals surface area contributed by atoms with Crippen molar-refractivity contribution in [2.75, 3.05) is 12.8 Å². The highest BCUT2D eigenvalue weighted by molar-refractivity contribution is 6.03. The largest absolute Gasteiger partial charge is 0.465 e. The van der Waals surface area contributed by atoms with Crippen LogP contribution in [0.1, 0.15) is 10.4 Å². The molecule has 3 N–H and O–H groups in total. The molecule has 2 aromatic rings. The molecule has 2 rings (SSSR count). The number of ether oxygens (including phenoxy) is 1. The number of rotatable bonds is 1. The molecule has 2 heterocycles. The molecule has 0 amide bonds. The van der Waals surface area contributed by atoms with Gasteiger partial charge in [-0.3, -0.25) is 0 Å². The van der Waals surface area contributed by atoms with Gasteiger partial charge in [0.1, 0.15) is 11.5 Å². The van der Waals surface area contributed by atoms with Gasteiger partial charge in [-0.15, -0.1) is 0 Å². The fourth-order valence-electron chi connectivity index (χ4n) is 1.34. The van der Waals surface area contributed by atoms with Crippen molar-refractivity contribution in [3.8, 4) is 0 Å². The second-order valence-electron chi connectivity index (χ2n) is 2.83. The number of fused-ring (bicyclic) bond motifs is 1. The summed E-state index contributed by atoms with van der Waals surface area (Å²) in [7, 11) is 1.33. The predicted octanol–water partition coefficient (Wildman–Crippen LogP) is 0.932. The van der Waals surface area contributed by atoms with E-state index < -0.39 is 5.97 Å². The minimum atomic E-state index is -0.413. The summed E-state index contributed by atoms with van der Waals surface area (Å²) in [6.07, 6.45) is 1.70. The normalized spacial score (nSPS) is 10.4. The number of methoxy groups -OCH3 is 1. The van der Waals surface area contributed by atoms with Crippen LogP contribution in [0.3, 0.4) is 0 Å². The van der Waals surface area contributed by atoms with Crippen LogP contribution in [0.15, 0.2) is 18.3 Å². The highest BCUT2D eigenvalue weighted by Gasteiger charge is 2.12. The van der Waals surface area contributed by atoms with Gasteiger partial charge < -0.3 is 15.5 Å². The van der Waals surface area contributed by atoms with Crippen molar-refractivity contribution in [3.63, 3.8) is 0 Å². The van der Waals surface area contributed by atoms with Crippen LogP contribution in [0.25, 0.3) is 11.0 Å². The van der Waals surface area contributed by atoms with Gasteiger partial charge in [-0.05, 0) is 12.1 Å². The van der Waals surface area contributed by atoms with E-state index in [9.17, 15) is 4.79 Å². The molecule has 0 spiro atoms. The molecule has 0 saturated carbocycles. The van der Waals surface area contributed by atoms with E-state index in [1.54, 1.807) is 12.3 Å². The Balaban J connectivity index is 2.72. The second-order valence-corrected chi connectivity index (χ2v) is 2.83. The molecular formula is C9H9N3O2. The third-order valence-corrected chi connectivity index (χ3v) is 1.95. The zero-order valence-electron chi connectivity index (χ0n) is 7.57. The summed E-state index contributed by atoms with van der Waals surface area (Å²) in [6, 6.07) is 3.26. The van der Waals surface area contributed by atoms with E-state index in [1.165, 1.54) is 13.2 Å². The lowest BCUT2D eigenvalue weighted by molar-refractivity contribution is 0.0603. The van der Waals surface area contributed by atoms with E-state index in [0.29, 0.717) is 22.4 Å². The molecule has 5 heteroatoms. The number of aromatic nitrogens is 2. The maximum absolute atomic E-state index is 11.4. The topological polar surface area (TPSA) is 81.0 Å². The first-order valence-corrected chi connectivity index (χ1v) is 4.04. The lowest BCUT2D eigenvalue weighted by Gasteiger charge is -2.01. The third-order valence-electron chi connectivity index (χ3n) is 1.95. The summed E-state index contributed by atoms with van der Waals surface area (Å²) < 4.78 is 4.63. The number of hydrogen-bond donors (Lipinski definition) is 2. The molecule has 14 heavy (non-hydrogen) atoms. The average Bonchev–Trinajstić information content (AvgIpc) is 2.62. The van der Waals surface area contributed by atoms with Crippen LogP contribution in [-0.2, 0) is 4.74 Å². The van der Waals surface area contributed by atoms with Gasteiger partial charge in [0, 0.05) is 11.6 Å². The van der Waals surface area contributed by atoms with Crippen molar-refractivity contribution >= 4 is 22.8 Å². The van der Waals surface area contributed by atoms with E-state index in [0.717, 1.165) is 0 Å². The Morgan fingerprint density at radius 1 is 1.64 bits per heavy atom. The van der Waals surface area contributed by atoms with Crippen molar-refractivity contribution in [2.45, 2.75) is 0 Å². The Kier molecular flexibility index (Phi) is 1.85. The van der Waals surface area contributed by atoms with Crippen LogP contribution in [0.2, 0.25) is 0 Å². The number of carbonyl (C=O) groups is 1. The lowest BCUT2D eigenvalue weighted by atomic mass is 10.2. The van der Waals surface area contributed by atoms with E-state index in [4.69, 9.17) is 5.73 Å². The monoisotopic (exact) mass is 191 g/mol. The van der Waals surface area contributed by atoms with Crippen LogP contribution >= 0.6 is 0 Å². The maximum atomic E-state index is 11.4. The molecular weight excluding hydrogens is 182 g/mol. The molecule has 0 unspecified atom stereocenters. The van der Waals surface area contributed by atoms with E-state index in [1.807, 2.05) is 0 Å². The number of hydrogen-bond acceptors (Lipinski definition) is 4. The fourth-order valence-corrected chi connectivity index (χ4v) is 1.34. The highest BCUT2D eigenvalue weighted by atomic mass is 16.5. The first-order valence-electron chi connectivity index (χ1n) is 4.04. The number of anilines is 1. The smallest absolute Gasteiger partial charge is 0.338 e. The van der Waals surface area contributed by atoms with Crippen molar-refractivity contribution in [3.05, 3.63) is 23.9 Å². The second kappa shape index (κ2) is 3.02. The van der Waals surface area contributed by atoms with Gasteiger partial charge in [-0.2, -0.15) is 0 Å². The van der Waals surface area contributed by atoms with Crippen LogP contribution in [0.5, 0.6) is 0 Å². The van der Waals surface area contributed by atoms with Crippen molar-refractivity contribution < 1.29 is 9.53 Å². The number of nitrogens with zero attached hydrogens (tertiary/aromatic N) is 1. The Labute approximate surface area is 79.9 Å². The fraction of sp³-hybridized carbons (Fsp3) is 0.111. The first-order chi connectivity index (χ1) is 6.72. The van der Waals surface area contributed by atoms with Gasteiger partial charge in [-0.25, -0.2) is 9.78 Å². The molecule has 0 atom stereocenters. The molecule has 0 aliphatic carbocycles. The maximum Gasteiger partial charge on any atom is 0.338 e. The molecule has 72 valence electrons. The van der Waals surface area contributed by atoms with Crippen LogP contribution < -0.4 is 5.73 Å². The lowest BCUT2D eigenvalue weighted by Crippen LogP contribution is -2.04. The molecule has 0 radical (unpaired) electrons. The van der Waals surface area contributed by atoms with Crippen molar-refractivity contribution in [1.82, 2.24) is 9.97 Å². The number of aromatic amines is 1. The molecule has 0 bridgehead atoms. The number of nitrogens with one attached hydrogen (secondary N) is 1. The Morgan fingerprint density at radius 3 is 3.14 bits per heavy atom. The van der Waals surface area contributed by atoms with Crippen molar-refractivity contribution in [2.24, 2.45) is 0 Å². The van der Waals surface area contributed by atoms with Crippen LogP contribution in [0, 0.1) is 0 Å². The zero-order valence-corrected chi connectivity index (χ0v) is 7.57. The highest BCUT2D eigenvalue weighted by Crippen LogP contribution is 2.18. The first kappa shape index (κ1) is 8.55. The molecule has 0 saturated heterocycles. The van der Waals surface area contributed by atoms with Gasteiger partial charge in [0.25, 0.3) is 0 Å². The van der Waals surface area contributed by atoms with Gasteiger partial charge in [0.2, 0.25) is 0 Å². The molecule has 0 aromatic carbocycles. The minimum Gasteiger partial charge on any atom is -0.465 e. The molecule has 0 aliphatic heterocycles. The summed E-state index contributed by atoms with van der Waals surface area (Å²) in [5, 5.41) is 0.714. The number of nitrogens with two attached hydrogens (primary N) is 1. The molecule has 2 aromatic heterocycles. The minimum absolute atomic E-state index is 0.292. The molecule has 0 fully saturated rings. The van der Waals surface area contributed by atoms with E-state index in [-0.39, 0.29) is 0 Å². The van der Waals surface area contributed by atoms with E-state index in [2.05, 4.69) is 14.7 Å². The Morgan fingerprint density at radius 2 is 2.43 bits per heavy atom. The summed E-state index contributed by atoms with van der Waals surface area (Å²) in [5.74, 6) is -0.121. The average molecular weight is 191 g/mol. The predicted molar refractivity (Wildman–Crippen MR) is 51.8 cm³/mol. The summed E-state index contributed by atoms with van der Waals surface area (Å²) >= 11 is 0. The summed E-state index contributed by atoms with van der Waals surface area (Å²) in [4.78, 5) is 18.3. The summed E-state index contributed by atoms with van der Waals surface area (Å²) in [5.41, 5.74) is 6.55. The third kappa shape index (κ3) is 1.19. The van der Waals surface area contributed by atoms with Crippen molar-refractivity contribution in [1.29, 1.82) is 0 Å². The van der Waals surface area contributed by atoms with Crippen LogP contribution in [-0.4, -0.2) is 23.0 Å². The zero-order chi connectivity index (χ0) is 10.1. The number of pyridine rings is 1. The Bertz CT molecular complexity index is 490. The SMILES string of the molecule is COC(=O)c1cc(N)nc2[nH]ccc12. The molecule has 0 aliphatic rings. The van der Waals surface area contributed by atoms with Crippen LogP contribution in [0.4, 0.5) is 5.82 Å². The molecule has 5 nitrogen and oxygen atoms in total. The number of nitrogen functional groups attached to an aromatic ring is 1. The number of esters is 1. The van der Waals surface area contributed by atoms with Gasteiger partial charge >= 0.3 is 5.97 Å².